The van der Waals surface area contributed by atoms with Crippen LogP contribution in [-0.4, -0.2) is 26.0 Å². The number of halogens is 2. The Morgan fingerprint density at radius 1 is 1.15 bits per heavy atom. The van der Waals surface area contributed by atoms with E-state index >= 15 is 0 Å². The largest absolute Gasteiger partial charge is 0.475 e. The molecule has 0 fully saturated rings. The molecule has 9 heteroatoms. The molecule has 0 spiro atoms. The molecule has 2 aromatic carbocycles. The standard InChI is InChI=1S/C17H13Cl2NO5S/c18-12-9-14(11-8-13(17(21)22)25-16(11)15(12)19)26(23,24)20-7-6-10-4-2-1-3-5-10/h1-5,8-9,20H,6-7H2,(H,21,22). The van der Waals surface area contributed by atoms with Crippen molar-refractivity contribution in [2.24, 2.45) is 0 Å². The summed E-state index contributed by atoms with van der Waals surface area (Å²) >= 11 is 12.0. The first-order valence-corrected chi connectivity index (χ1v) is 9.72. The third-order valence-corrected chi connectivity index (χ3v) is 5.98. The molecule has 1 aromatic heterocycles. The minimum absolute atomic E-state index is 0.0441. The van der Waals surface area contributed by atoms with Gasteiger partial charge in [0.15, 0.2) is 5.58 Å². The number of fused-ring (bicyclic) bond motifs is 1. The Morgan fingerprint density at radius 3 is 2.50 bits per heavy atom. The summed E-state index contributed by atoms with van der Waals surface area (Å²) < 4.78 is 33.0. The fraction of sp³-hybridized carbons (Fsp3) is 0.118. The van der Waals surface area contributed by atoms with E-state index in [1.807, 2.05) is 30.3 Å². The Labute approximate surface area is 159 Å². The number of hydrogen-bond acceptors (Lipinski definition) is 4. The predicted molar refractivity (Wildman–Crippen MR) is 98.5 cm³/mol. The Bertz CT molecular complexity index is 1080. The van der Waals surface area contributed by atoms with Crippen LogP contribution in [0.15, 0.2) is 51.8 Å². The molecule has 0 aliphatic carbocycles. The molecule has 0 radical (unpaired) electrons. The average molecular weight is 414 g/mol. The first-order chi connectivity index (χ1) is 12.3. The number of nitrogens with one attached hydrogen (secondary N) is 1. The summed E-state index contributed by atoms with van der Waals surface area (Å²) in [5, 5.41) is 9.04. The van der Waals surface area contributed by atoms with Gasteiger partial charge >= 0.3 is 5.97 Å². The number of carbonyl (C=O) groups is 1. The van der Waals surface area contributed by atoms with E-state index in [-0.39, 0.29) is 32.5 Å². The molecule has 0 saturated carbocycles. The van der Waals surface area contributed by atoms with E-state index in [9.17, 15) is 13.2 Å². The van der Waals surface area contributed by atoms with Crippen molar-refractivity contribution in [2.75, 3.05) is 6.54 Å². The molecule has 0 aliphatic rings. The molecule has 3 rings (SSSR count). The maximum Gasteiger partial charge on any atom is 0.371 e. The van der Waals surface area contributed by atoms with Crippen LogP contribution in [0.4, 0.5) is 0 Å². The van der Waals surface area contributed by atoms with Crippen LogP contribution < -0.4 is 4.72 Å². The summed E-state index contributed by atoms with van der Waals surface area (Å²) in [6.07, 6.45) is 0.496. The second-order valence-corrected chi connectivity index (χ2v) is 7.98. The van der Waals surface area contributed by atoms with E-state index in [0.717, 1.165) is 11.6 Å². The van der Waals surface area contributed by atoms with Crippen molar-refractivity contribution in [3.63, 3.8) is 0 Å². The quantitative estimate of drug-likeness (QED) is 0.637. The fourth-order valence-electron chi connectivity index (χ4n) is 2.48. The summed E-state index contributed by atoms with van der Waals surface area (Å²) in [6.45, 7) is 0.164. The van der Waals surface area contributed by atoms with Gasteiger partial charge in [0.2, 0.25) is 15.8 Å². The highest BCUT2D eigenvalue weighted by atomic mass is 35.5. The number of aromatic carboxylic acids is 1. The first kappa shape index (κ1) is 18.7. The molecule has 6 nitrogen and oxygen atoms in total. The third-order valence-electron chi connectivity index (χ3n) is 3.71. The van der Waals surface area contributed by atoms with Crippen LogP contribution in [0.25, 0.3) is 11.0 Å². The van der Waals surface area contributed by atoms with E-state index < -0.39 is 21.8 Å². The molecule has 0 saturated heterocycles. The van der Waals surface area contributed by atoms with Crippen molar-refractivity contribution in [3.8, 4) is 0 Å². The number of rotatable bonds is 6. The van der Waals surface area contributed by atoms with E-state index in [1.54, 1.807) is 0 Å². The SMILES string of the molecule is O=C(O)c1cc2c(S(=O)(=O)NCCc3ccccc3)cc(Cl)c(Cl)c2o1. The molecule has 1 heterocycles. The number of hydrogen-bond donors (Lipinski definition) is 2. The van der Waals surface area contributed by atoms with Crippen LogP contribution in [0.2, 0.25) is 10.0 Å². The Kier molecular flexibility index (Phi) is 5.24. The summed E-state index contributed by atoms with van der Waals surface area (Å²) in [5.41, 5.74) is 0.894. The third kappa shape index (κ3) is 3.71. The average Bonchev–Trinajstić information content (AvgIpc) is 3.04. The zero-order valence-corrected chi connectivity index (χ0v) is 15.5. The lowest BCUT2D eigenvalue weighted by Gasteiger charge is -2.09. The number of carboxylic acid groups (broad SMARTS) is 1. The number of carboxylic acids is 1. The van der Waals surface area contributed by atoms with Crippen molar-refractivity contribution in [1.29, 1.82) is 0 Å². The van der Waals surface area contributed by atoms with Gasteiger partial charge in [0.1, 0.15) is 5.02 Å². The van der Waals surface area contributed by atoms with E-state index in [2.05, 4.69) is 4.72 Å². The van der Waals surface area contributed by atoms with Gasteiger partial charge in [0.25, 0.3) is 0 Å². The summed E-state index contributed by atoms with van der Waals surface area (Å²) in [6, 6.07) is 11.7. The molecule has 3 aromatic rings. The fourth-order valence-corrected chi connectivity index (χ4v) is 4.18. The lowest BCUT2D eigenvalue weighted by molar-refractivity contribution is 0.0665. The van der Waals surface area contributed by atoms with Crippen molar-refractivity contribution >= 4 is 50.2 Å². The van der Waals surface area contributed by atoms with Gasteiger partial charge in [-0.15, -0.1) is 0 Å². The topological polar surface area (TPSA) is 96.6 Å². The summed E-state index contributed by atoms with van der Waals surface area (Å²) in [7, 11) is -3.95. The van der Waals surface area contributed by atoms with Gasteiger partial charge in [-0.1, -0.05) is 53.5 Å². The summed E-state index contributed by atoms with van der Waals surface area (Å²) in [5.74, 6) is -1.77. The molecular weight excluding hydrogens is 401 g/mol. The molecule has 0 atom stereocenters. The molecule has 0 unspecified atom stereocenters. The van der Waals surface area contributed by atoms with Crippen LogP contribution >= 0.6 is 23.2 Å². The van der Waals surface area contributed by atoms with Crippen LogP contribution in [0, 0.1) is 0 Å². The second kappa shape index (κ2) is 7.28. The first-order valence-electron chi connectivity index (χ1n) is 7.48. The van der Waals surface area contributed by atoms with Gasteiger partial charge in [-0.3, -0.25) is 0 Å². The molecule has 136 valence electrons. The number of furan rings is 1. The normalized spacial score (nSPS) is 11.8. The Morgan fingerprint density at radius 2 is 1.85 bits per heavy atom. The van der Waals surface area contributed by atoms with Crippen LogP contribution in [0.1, 0.15) is 16.1 Å². The predicted octanol–water partition coefficient (Wildman–Crippen LogP) is 3.96. The number of sulfonamides is 1. The maximum atomic E-state index is 12.7. The lowest BCUT2D eigenvalue weighted by atomic mass is 10.2. The summed E-state index contributed by atoms with van der Waals surface area (Å²) in [4.78, 5) is 10.9. The van der Waals surface area contributed by atoms with Crippen molar-refractivity contribution in [3.05, 3.63) is 63.8 Å². The van der Waals surface area contributed by atoms with Gasteiger partial charge < -0.3 is 9.52 Å². The monoisotopic (exact) mass is 413 g/mol. The van der Waals surface area contributed by atoms with E-state index in [0.29, 0.717) is 6.42 Å². The van der Waals surface area contributed by atoms with Crippen LogP contribution in [-0.2, 0) is 16.4 Å². The molecule has 0 aliphatic heterocycles. The van der Waals surface area contributed by atoms with Gasteiger partial charge in [-0.2, -0.15) is 0 Å². The van der Waals surface area contributed by atoms with Gasteiger partial charge in [-0.05, 0) is 18.1 Å². The van der Waals surface area contributed by atoms with E-state index in [4.69, 9.17) is 32.7 Å². The highest BCUT2D eigenvalue weighted by molar-refractivity contribution is 7.89. The zero-order chi connectivity index (χ0) is 18.9. The van der Waals surface area contributed by atoms with Crippen LogP contribution in [0.3, 0.4) is 0 Å². The molecular formula is C17H13Cl2NO5S. The van der Waals surface area contributed by atoms with Gasteiger partial charge in [-0.25, -0.2) is 17.9 Å². The Balaban J connectivity index is 1.95. The van der Waals surface area contributed by atoms with Crippen LogP contribution in [0.5, 0.6) is 0 Å². The smallest absolute Gasteiger partial charge is 0.371 e. The van der Waals surface area contributed by atoms with Crippen molar-refractivity contribution < 1.29 is 22.7 Å². The van der Waals surface area contributed by atoms with E-state index in [1.165, 1.54) is 6.07 Å². The second-order valence-electron chi connectivity index (χ2n) is 5.46. The highest BCUT2D eigenvalue weighted by Crippen LogP contribution is 2.37. The molecule has 26 heavy (non-hydrogen) atoms. The maximum absolute atomic E-state index is 12.7. The van der Waals surface area contributed by atoms with Gasteiger partial charge in [0.05, 0.1) is 9.92 Å². The minimum atomic E-state index is -3.95. The molecule has 0 bridgehead atoms. The lowest BCUT2D eigenvalue weighted by Crippen LogP contribution is -2.26. The van der Waals surface area contributed by atoms with Crippen molar-refractivity contribution in [2.45, 2.75) is 11.3 Å². The minimum Gasteiger partial charge on any atom is -0.475 e. The highest BCUT2D eigenvalue weighted by Gasteiger charge is 2.25. The Hall–Kier alpha value is -2.06. The molecule has 2 N–H and O–H groups in total. The number of benzene rings is 2. The van der Waals surface area contributed by atoms with Crippen molar-refractivity contribution in [1.82, 2.24) is 4.72 Å². The molecule has 0 amide bonds. The van der Waals surface area contributed by atoms with Gasteiger partial charge in [0, 0.05) is 18.0 Å². The zero-order valence-electron chi connectivity index (χ0n) is 13.2.